The molecule has 3 rings (SSSR count). The quantitative estimate of drug-likeness (QED) is 0.824. The summed E-state index contributed by atoms with van der Waals surface area (Å²) >= 11 is 7.69. The van der Waals surface area contributed by atoms with Gasteiger partial charge in [-0.1, -0.05) is 29.8 Å². The first-order valence-electron chi connectivity index (χ1n) is 6.74. The molecule has 5 heteroatoms. The number of amides is 1. The summed E-state index contributed by atoms with van der Waals surface area (Å²) in [5.74, 6) is 0.0258. The Morgan fingerprint density at radius 3 is 2.86 bits per heavy atom. The van der Waals surface area contributed by atoms with E-state index in [9.17, 15) is 4.79 Å². The van der Waals surface area contributed by atoms with Crippen LogP contribution in [0.25, 0.3) is 0 Å². The van der Waals surface area contributed by atoms with Gasteiger partial charge in [0.15, 0.2) is 0 Å². The van der Waals surface area contributed by atoms with Gasteiger partial charge in [-0.3, -0.25) is 4.79 Å². The van der Waals surface area contributed by atoms with Crippen molar-refractivity contribution in [3.63, 3.8) is 0 Å². The Hall–Kier alpha value is -1.65. The number of nitrogen functional groups attached to an aromatic ring is 1. The Kier molecular flexibility index (Phi) is 4.08. The number of nitrogens with one attached hydrogen (secondary N) is 1. The molecule has 21 heavy (non-hydrogen) atoms. The van der Waals surface area contributed by atoms with Gasteiger partial charge in [0, 0.05) is 16.3 Å². The Morgan fingerprint density at radius 2 is 2.05 bits per heavy atom. The zero-order valence-corrected chi connectivity index (χ0v) is 12.9. The zero-order chi connectivity index (χ0) is 14.8. The number of anilines is 2. The van der Waals surface area contributed by atoms with Gasteiger partial charge in [-0.2, -0.15) is 0 Å². The molecule has 0 bridgehead atoms. The normalized spacial score (nSPS) is 17.8. The van der Waals surface area contributed by atoms with Crippen molar-refractivity contribution >= 4 is 40.6 Å². The molecule has 0 spiro atoms. The van der Waals surface area contributed by atoms with Crippen LogP contribution in [0.2, 0.25) is 5.02 Å². The molecule has 2 aromatic rings. The number of nitrogens with two attached hydrogens (primary N) is 1. The molecule has 3 nitrogen and oxygen atoms in total. The fourth-order valence-electron chi connectivity index (χ4n) is 2.37. The molecule has 1 atom stereocenters. The molecular weight excluding hydrogens is 304 g/mol. The number of carbonyl (C=O) groups excluding carboxylic acids is 1. The van der Waals surface area contributed by atoms with Crippen molar-refractivity contribution in [2.45, 2.75) is 23.0 Å². The molecule has 0 aliphatic carbocycles. The van der Waals surface area contributed by atoms with E-state index in [0.717, 1.165) is 23.4 Å². The minimum absolute atomic E-state index is 0.0258. The third-order valence-corrected chi connectivity index (χ3v) is 5.24. The molecule has 0 radical (unpaired) electrons. The minimum atomic E-state index is -0.154. The lowest BCUT2D eigenvalue weighted by Crippen LogP contribution is -2.23. The van der Waals surface area contributed by atoms with E-state index in [1.54, 1.807) is 12.1 Å². The lowest BCUT2D eigenvalue weighted by molar-refractivity contribution is -0.115. The van der Waals surface area contributed by atoms with E-state index in [4.69, 9.17) is 17.3 Å². The summed E-state index contributed by atoms with van der Waals surface area (Å²) in [5.41, 5.74) is 8.41. The molecule has 0 saturated carbocycles. The average Bonchev–Trinajstić information content (AvgIpc) is 2.61. The first-order chi connectivity index (χ1) is 10.1. The van der Waals surface area contributed by atoms with Crippen molar-refractivity contribution in [3.8, 4) is 0 Å². The predicted molar refractivity (Wildman–Crippen MR) is 88.9 cm³/mol. The number of rotatable bonds is 2. The molecule has 0 fully saturated rings. The molecule has 1 unspecified atom stereocenters. The largest absolute Gasteiger partial charge is 0.399 e. The Morgan fingerprint density at radius 1 is 1.24 bits per heavy atom. The van der Waals surface area contributed by atoms with E-state index in [0.29, 0.717) is 10.7 Å². The summed E-state index contributed by atoms with van der Waals surface area (Å²) in [6.45, 7) is 0. The van der Waals surface area contributed by atoms with Crippen molar-refractivity contribution < 1.29 is 4.79 Å². The van der Waals surface area contributed by atoms with Crippen LogP contribution in [0.15, 0.2) is 47.4 Å². The smallest absolute Gasteiger partial charge is 0.237 e. The van der Waals surface area contributed by atoms with Crippen LogP contribution >= 0.6 is 23.4 Å². The molecule has 0 saturated heterocycles. The first-order valence-corrected chi connectivity index (χ1v) is 8.00. The SMILES string of the molecule is Nc1ccc(SC2CCc3ccccc3NC2=O)c(Cl)c1. The minimum Gasteiger partial charge on any atom is -0.399 e. The Bertz CT molecular complexity index is 690. The molecule has 1 amide bonds. The van der Waals surface area contributed by atoms with Crippen molar-refractivity contribution in [1.29, 1.82) is 0 Å². The highest BCUT2D eigenvalue weighted by atomic mass is 35.5. The average molecular weight is 319 g/mol. The summed E-state index contributed by atoms with van der Waals surface area (Å²) < 4.78 is 0. The second-order valence-electron chi connectivity index (χ2n) is 4.98. The van der Waals surface area contributed by atoms with Gasteiger partial charge in [0.2, 0.25) is 5.91 Å². The molecule has 0 aromatic heterocycles. The standard InChI is InChI=1S/C16H15ClN2OS/c17-12-9-11(18)6-8-14(12)21-15-7-5-10-3-1-2-4-13(10)19-16(15)20/h1-4,6,8-9,15H,5,7,18H2,(H,19,20). The van der Waals surface area contributed by atoms with Crippen molar-refractivity contribution in [2.75, 3.05) is 11.1 Å². The molecule has 3 N–H and O–H groups in total. The van der Waals surface area contributed by atoms with Gasteiger partial charge in [0.25, 0.3) is 0 Å². The number of hydrogen-bond acceptors (Lipinski definition) is 3. The number of benzene rings is 2. The van der Waals surface area contributed by atoms with Gasteiger partial charge in [0.1, 0.15) is 0 Å². The predicted octanol–water partition coefficient (Wildman–Crippen LogP) is 3.97. The molecule has 1 heterocycles. The summed E-state index contributed by atoms with van der Waals surface area (Å²) in [7, 11) is 0. The summed E-state index contributed by atoms with van der Waals surface area (Å²) in [6, 6.07) is 13.3. The molecule has 1 aliphatic heterocycles. The monoisotopic (exact) mass is 318 g/mol. The van der Waals surface area contributed by atoms with Crippen LogP contribution < -0.4 is 11.1 Å². The van der Waals surface area contributed by atoms with Gasteiger partial charge >= 0.3 is 0 Å². The van der Waals surface area contributed by atoms with Crippen molar-refractivity contribution in [2.24, 2.45) is 0 Å². The van der Waals surface area contributed by atoms with Gasteiger partial charge < -0.3 is 11.1 Å². The molecular formula is C16H15ClN2OS. The fourth-order valence-corrected chi connectivity index (χ4v) is 3.72. The maximum atomic E-state index is 12.4. The van der Waals surface area contributed by atoms with Gasteiger partial charge in [-0.05, 0) is 42.7 Å². The summed E-state index contributed by atoms with van der Waals surface area (Å²) in [6.07, 6.45) is 1.66. The highest BCUT2D eigenvalue weighted by Gasteiger charge is 2.25. The number of aryl methyl sites for hydroxylation is 1. The fraction of sp³-hybridized carbons (Fsp3) is 0.188. The van der Waals surface area contributed by atoms with Crippen molar-refractivity contribution in [3.05, 3.63) is 53.1 Å². The van der Waals surface area contributed by atoms with Crippen LogP contribution in [0.1, 0.15) is 12.0 Å². The van der Waals surface area contributed by atoms with E-state index in [2.05, 4.69) is 11.4 Å². The van der Waals surface area contributed by atoms with Crippen LogP contribution in [0.4, 0.5) is 11.4 Å². The first kappa shape index (κ1) is 14.3. The highest BCUT2D eigenvalue weighted by molar-refractivity contribution is 8.00. The van der Waals surface area contributed by atoms with E-state index < -0.39 is 0 Å². The van der Waals surface area contributed by atoms with E-state index in [1.165, 1.54) is 17.3 Å². The van der Waals surface area contributed by atoms with Crippen LogP contribution in [0.5, 0.6) is 0 Å². The van der Waals surface area contributed by atoms with E-state index in [1.807, 2.05) is 24.3 Å². The van der Waals surface area contributed by atoms with E-state index >= 15 is 0 Å². The van der Waals surface area contributed by atoms with Gasteiger partial charge in [0.05, 0.1) is 10.3 Å². The van der Waals surface area contributed by atoms with Gasteiger partial charge in [-0.15, -0.1) is 11.8 Å². The molecule has 1 aliphatic rings. The second-order valence-corrected chi connectivity index (χ2v) is 6.63. The Labute approximate surface area is 132 Å². The third kappa shape index (κ3) is 3.17. The molecule has 108 valence electrons. The lowest BCUT2D eigenvalue weighted by Gasteiger charge is -2.14. The second kappa shape index (κ2) is 6.00. The zero-order valence-electron chi connectivity index (χ0n) is 11.3. The summed E-state index contributed by atoms with van der Waals surface area (Å²) in [4.78, 5) is 13.2. The highest BCUT2D eigenvalue weighted by Crippen LogP contribution is 2.35. The van der Waals surface area contributed by atoms with E-state index in [-0.39, 0.29) is 11.2 Å². The number of fused-ring (bicyclic) bond motifs is 1. The number of para-hydroxylation sites is 1. The number of carbonyl (C=O) groups is 1. The van der Waals surface area contributed by atoms with Crippen molar-refractivity contribution in [1.82, 2.24) is 0 Å². The maximum Gasteiger partial charge on any atom is 0.237 e. The Balaban J connectivity index is 1.80. The number of thioether (sulfide) groups is 1. The molecule has 2 aromatic carbocycles. The topological polar surface area (TPSA) is 55.1 Å². The van der Waals surface area contributed by atoms with Crippen LogP contribution in [0.3, 0.4) is 0 Å². The van der Waals surface area contributed by atoms with Crippen LogP contribution in [-0.2, 0) is 11.2 Å². The van der Waals surface area contributed by atoms with Crippen LogP contribution in [-0.4, -0.2) is 11.2 Å². The maximum absolute atomic E-state index is 12.4. The lowest BCUT2D eigenvalue weighted by atomic mass is 10.1. The summed E-state index contributed by atoms with van der Waals surface area (Å²) in [5, 5.41) is 3.43. The third-order valence-electron chi connectivity index (χ3n) is 3.47. The number of halogens is 1. The van der Waals surface area contributed by atoms with Gasteiger partial charge in [-0.25, -0.2) is 0 Å². The number of hydrogen-bond donors (Lipinski definition) is 2. The van der Waals surface area contributed by atoms with Crippen LogP contribution in [0, 0.1) is 0 Å².